The van der Waals surface area contributed by atoms with Crippen molar-refractivity contribution < 1.29 is 29.3 Å². The molecule has 0 fully saturated rings. The Balaban J connectivity index is 2.65. The van der Waals surface area contributed by atoms with Gasteiger partial charge >= 0.3 is 11.9 Å². The molecule has 0 aliphatic heterocycles. The lowest BCUT2D eigenvalue weighted by Gasteiger charge is -2.14. The van der Waals surface area contributed by atoms with Crippen LogP contribution in [0.3, 0.4) is 0 Å². The van der Waals surface area contributed by atoms with Crippen LogP contribution in [0.15, 0.2) is 35.9 Å². The van der Waals surface area contributed by atoms with Crippen LogP contribution in [0.2, 0.25) is 0 Å². The van der Waals surface area contributed by atoms with Crippen molar-refractivity contribution in [2.75, 3.05) is 14.2 Å². The molecule has 6 nitrogen and oxygen atoms in total. The van der Waals surface area contributed by atoms with Gasteiger partial charge in [-0.2, -0.15) is 0 Å². The molecule has 2 rings (SSSR count). The molecule has 0 saturated carbocycles. The maximum atomic E-state index is 11.3. The van der Waals surface area contributed by atoms with Crippen molar-refractivity contribution in [3.8, 4) is 11.5 Å². The normalized spacial score (nSPS) is 12.7. The van der Waals surface area contributed by atoms with Gasteiger partial charge in [0.05, 0.1) is 26.6 Å². The second-order valence-electron chi connectivity index (χ2n) is 5.59. The number of ether oxygens (including phenoxy) is 2. The van der Waals surface area contributed by atoms with Gasteiger partial charge in [0.25, 0.3) is 0 Å². The van der Waals surface area contributed by atoms with Crippen molar-refractivity contribution in [3.63, 3.8) is 0 Å². The van der Waals surface area contributed by atoms with Gasteiger partial charge in [-0.25, -0.2) is 0 Å². The minimum absolute atomic E-state index is 0.292. The fraction of sp³-hybridized carbons (Fsp3) is 0.263. The summed E-state index contributed by atoms with van der Waals surface area (Å²) in [5.41, 5.74) is 0.910. The molecule has 0 aliphatic carbocycles. The lowest BCUT2D eigenvalue weighted by Crippen LogP contribution is -2.15. The summed E-state index contributed by atoms with van der Waals surface area (Å²) in [5.74, 6) is -1.84. The first-order valence-electron chi connectivity index (χ1n) is 7.67. The van der Waals surface area contributed by atoms with Gasteiger partial charge in [-0.3, -0.25) is 9.59 Å². The van der Waals surface area contributed by atoms with Gasteiger partial charge in [-0.15, -0.1) is 0 Å². The highest BCUT2D eigenvalue weighted by molar-refractivity contribution is 5.96. The van der Waals surface area contributed by atoms with Crippen LogP contribution in [0.25, 0.3) is 16.8 Å². The van der Waals surface area contributed by atoms with Crippen LogP contribution in [0, 0.1) is 5.92 Å². The van der Waals surface area contributed by atoms with Gasteiger partial charge in [-0.05, 0) is 24.6 Å². The zero-order valence-corrected chi connectivity index (χ0v) is 14.3. The third kappa shape index (κ3) is 3.91. The van der Waals surface area contributed by atoms with Crippen LogP contribution in [-0.4, -0.2) is 36.4 Å². The first-order chi connectivity index (χ1) is 11.9. The van der Waals surface area contributed by atoms with Crippen molar-refractivity contribution in [2.24, 2.45) is 5.92 Å². The van der Waals surface area contributed by atoms with Crippen LogP contribution in [0.5, 0.6) is 11.5 Å². The number of benzene rings is 2. The molecule has 2 aromatic rings. The van der Waals surface area contributed by atoms with Crippen molar-refractivity contribution >= 4 is 28.8 Å². The summed E-state index contributed by atoms with van der Waals surface area (Å²) in [5, 5.41) is 20.0. The Morgan fingerprint density at radius 1 is 1.08 bits per heavy atom. The summed E-state index contributed by atoms with van der Waals surface area (Å²) in [6.07, 6.45) is 1.22. The standard InChI is InChI=1S/C19H20O6/c1-11(19(22)23)13(10-17(20)21)9-12-7-8-14-15(18(12)25-3)5-4-6-16(14)24-2/h4-9,11H,10H2,1-3H3,(H,20,21)(H,22,23)/b13-9+. The van der Waals surface area contributed by atoms with E-state index < -0.39 is 17.9 Å². The van der Waals surface area contributed by atoms with Gasteiger partial charge in [0.2, 0.25) is 0 Å². The van der Waals surface area contributed by atoms with E-state index in [0.717, 1.165) is 10.8 Å². The fourth-order valence-electron chi connectivity index (χ4n) is 2.70. The number of aliphatic carboxylic acids is 2. The van der Waals surface area contributed by atoms with Gasteiger partial charge in [0.1, 0.15) is 11.5 Å². The number of carboxylic acid groups (broad SMARTS) is 2. The van der Waals surface area contributed by atoms with E-state index >= 15 is 0 Å². The molecule has 0 aliphatic rings. The lowest BCUT2D eigenvalue weighted by atomic mass is 9.94. The second kappa shape index (κ2) is 7.70. The van der Waals surface area contributed by atoms with Gasteiger partial charge in [-0.1, -0.05) is 24.3 Å². The predicted molar refractivity (Wildman–Crippen MR) is 94.1 cm³/mol. The van der Waals surface area contributed by atoms with Crippen LogP contribution >= 0.6 is 0 Å². The third-order valence-electron chi connectivity index (χ3n) is 4.05. The summed E-state index contributed by atoms with van der Waals surface area (Å²) in [4.78, 5) is 22.4. The molecule has 25 heavy (non-hydrogen) atoms. The molecular weight excluding hydrogens is 324 g/mol. The smallest absolute Gasteiger partial charge is 0.310 e. The number of hydrogen-bond acceptors (Lipinski definition) is 4. The Morgan fingerprint density at radius 3 is 2.36 bits per heavy atom. The molecule has 132 valence electrons. The summed E-state index contributed by atoms with van der Waals surface area (Å²) >= 11 is 0. The monoisotopic (exact) mass is 344 g/mol. The highest BCUT2D eigenvalue weighted by atomic mass is 16.5. The zero-order valence-electron chi connectivity index (χ0n) is 14.3. The van der Waals surface area contributed by atoms with Crippen molar-refractivity contribution in [1.29, 1.82) is 0 Å². The summed E-state index contributed by atoms with van der Waals surface area (Å²) in [6, 6.07) is 9.13. The lowest BCUT2D eigenvalue weighted by molar-refractivity contribution is -0.140. The Kier molecular flexibility index (Phi) is 5.64. The SMILES string of the molecule is COc1cccc2c(OC)c(/C=C(\CC(=O)O)C(C)C(=O)O)ccc12. The number of methoxy groups -OCH3 is 2. The van der Waals surface area contributed by atoms with Crippen molar-refractivity contribution in [3.05, 3.63) is 41.5 Å². The van der Waals surface area contributed by atoms with Crippen LogP contribution < -0.4 is 9.47 Å². The van der Waals surface area contributed by atoms with Gasteiger partial charge in [0, 0.05) is 16.3 Å². The number of carboxylic acids is 2. The minimum atomic E-state index is -1.08. The van der Waals surface area contributed by atoms with E-state index in [2.05, 4.69) is 0 Å². The topological polar surface area (TPSA) is 93.1 Å². The number of rotatable bonds is 7. The largest absolute Gasteiger partial charge is 0.496 e. The van der Waals surface area contributed by atoms with Crippen LogP contribution in [-0.2, 0) is 9.59 Å². The molecule has 0 radical (unpaired) electrons. The maximum Gasteiger partial charge on any atom is 0.310 e. The van der Waals surface area contributed by atoms with E-state index in [-0.39, 0.29) is 6.42 Å². The number of hydrogen-bond donors (Lipinski definition) is 2. The molecule has 0 bridgehead atoms. The zero-order chi connectivity index (χ0) is 18.6. The molecule has 2 aromatic carbocycles. The minimum Gasteiger partial charge on any atom is -0.496 e. The molecule has 0 saturated heterocycles. The molecule has 0 heterocycles. The Hall–Kier alpha value is -3.02. The molecule has 1 unspecified atom stereocenters. The number of carbonyl (C=O) groups is 2. The summed E-state index contributed by atoms with van der Waals surface area (Å²) in [6.45, 7) is 1.47. The maximum absolute atomic E-state index is 11.3. The first kappa shape index (κ1) is 18.3. The Bertz CT molecular complexity index is 837. The third-order valence-corrected chi connectivity index (χ3v) is 4.05. The molecular formula is C19H20O6. The highest BCUT2D eigenvalue weighted by Crippen LogP contribution is 2.36. The molecule has 0 amide bonds. The van der Waals surface area contributed by atoms with Crippen molar-refractivity contribution in [1.82, 2.24) is 0 Å². The fourth-order valence-corrected chi connectivity index (χ4v) is 2.70. The van der Waals surface area contributed by atoms with Crippen LogP contribution in [0.4, 0.5) is 0 Å². The van der Waals surface area contributed by atoms with E-state index in [1.165, 1.54) is 14.0 Å². The summed E-state index contributed by atoms with van der Waals surface area (Å²) in [7, 11) is 3.09. The first-order valence-corrected chi connectivity index (χ1v) is 7.67. The van der Waals surface area contributed by atoms with E-state index in [1.54, 1.807) is 19.3 Å². The molecule has 1 atom stereocenters. The van der Waals surface area contributed by atoms with E-state index in [4.69, 9.17) is 14.6 Å². The van der Waals surface area contributed by atoms with Crippen LogP contribution in [0.1, 0.15) is 18.9 Å². The molecule has 6 heteroatoms. The Labute approximate surface area is 145 Å². The van der Waals surface area contributed by atoms with E-state index in [1.807, 2.05) is 24.3 Å². The quantitative estimate of drug-likeness (QED) is 0.799. The number of fused-ring (bicyclic) bond motifs is 1. The predicted octanol–water partition coefficient (Wildman–Crippen LogP) is 3.44. The molecule has 0 aromatic heterocycles. The summed E-state index contributed by atoms with van der Waals surface area (Å²) < 4.78 is 10.9. The average molecular weight is 344 g/mol. The highest BCUT2D eigenvalue weighted by Gasteiger charge is 2.20. The van der Waals surface area contributed by atoms with Gasteiger partial charge in [0.15, 0.2) is 0 Å². The Morgan fingerprint density at radius 2 is 1.80 bits per heavy atom. The van der Waals surface area contributed by atoms with E-state index in [9.17, 15) is 14.7 Å². The molecule has 0 spiro atoms. The van der Waals surface area contributed by atoms with Gasteiger partial charge < -0.3 is 19.7 Å². The van der Waals surface area contributed by atoms with Crippen molar-refractivity contribution in [2.45, 2.75) is 13.3 Å². The molecule has 2 N–H and O–H groups in total. The second-order valence-corrected chi connectivity index (χ2v) is 5.59. The average Bonchev–Trinajstić information content (AvgIpc) is 2.59. The van der Waals surface area contributed by atoms with E-state index in [0.29, 0.717) is 22.6 Å².